The summed E-state index contributed by atoms with van der Waals surface area (Å²) in [4.78, 5) is 18.1. The molecule has 0 radical (unpaired) electrons. The molecule has 0 aromatic carbocycles. The Kier molecular flexibility index (Phi) is 6.40. The number of amides is 1. The Morgan fingerprint density at radius 1 is 1.33 bits per heavy atom. The van der Waals surface area contributed by atoms with Crippen molar-refractivity contribution in [3.63, 3.8) is 0 Å². The molecule has 0 saturated carbocycles. The van der Waals surface area contributed by atoms with E-state index < -0.39 is 0 Å². The summed E-state index contributed by atoms with van der Waals surface area (Å²) in [7, 11) is 3.93. The van der Waals surface area contributed by atoms with Crippen LogP contribution in [-0.4, -0.2) is 43.0 Å². The maximum atomic E-state index is 11.6. The topological polar surface area (TPSA) is 58.4 Å². The van der Waals surface area contributed by atoms with E-state index in [-0.39, 0.29) is 11.3 Å². The molecular weight excluding hydrogens is 266 g/mol. The summed E-state index contributed by atoms with van der Waals surface area (Å²) in [5, 5.41) is 2.94. The van der Waals surface area contributed by atoms with Crippen molar-refractivity contribution in [2.24, 2.45) is 0 Å². The van der Waals surface area contributed by atoms with Gasteiger partial charge in [-0.05, 0) is 27.4 Å². The Bertz CT molecular complexity index is 459. The molecular formula is C16H29N3O2. The highest BCUT2D eigenvalue weighted by Gasteiger charge is 2.21. The molecule has 0 unspecified atom stereocenters. The molecule has 1 amide bonds. The Hall–Kier alpha value is -1.36. The number of aromatic nitrogens is 1. The molecule has 1 rings (SSSR count). The highest BCUT2D eigenvalue weighted by atomic mass is 16.4. The first kappa shape index (κ1) is 17.7. The molecule has 1 N–H and O–H groups in total. The van der Waals surface area contributed by atoms with Gasteiger partial charge in [0.15, 0.2) is 5.89 Å². The molecule has 120 valence electrons. The molecule has 1 aromatic rings. The maximum absolute atomic E-state index is 11.6. The lowest BCUT2D eigenvalue weighted by atomic mass is 9.97. The number of nitrogens with zero attached hydrogens (tertiary/aromatic N) is 2. The first-order valence-electron chi connectivity index (χ1n) is 7.58. The van der Waals surface area contributed by atoms with E-state index in [9.17, 15) is 4.79 Å². The van der Waals surface area contributed by atoms with Gasteiger partial charge in [-0.1, -0.05) is 20.8 Å². The van der Waals surface area contributed by atoms with Crippen LogP contribution in [0.3, 0.4) is 0 Å². The van der Waals surface area contributed by atoms with Gasteiger partial charge in [-0.2, -0.15) is 0 Å². The Labute approximate surface area is 128 Å². The third-order valence-corrected chi connectivity index (χ3v) is 3.22. The van der Waals surface area contributed by atoms with Crippen molar-refractivity contribution in [2.45, 2.75) is 52.4 Å². The Balaban J connectivity index is 2.33. The minimum absolute atomic E-state index is 0.0661. The maximum Gasteiger partial charge on any atom is 0.221 e. The molecule has 1 heterocycles. The number of carbonyl (C=O) groups is 1. The zero-order chi connectivity index (χ0) is 16.0. The van der Waals surface area contributed by atoms with Crippen LogP contribution < -0.4 is 5.32 Å². The van der Waals surface area contributed by atoms with Crippen molar-refractivity contribution in [3.8, 4) is 0 Å². The zero-order valence-electron chi connectivity index (χ0n) is 14.2. The standard InChI is InChI=1S/C16H29N3O2/c1-12-13(21-15(18-12)16(2,3)4)8-7-10-17-14(20)9-11-19(5)6/h7-11H2,1-6H3,(H,17,20). The number of nitrogens with one attached hydrogen (secondary N) is 1. The number of carbonyl (C=O) groups excluding carboxylic acids is 1. The smallest absolute Gasteiger partial charge is 0.221 e. The molecule has 0 bridgehead atoms. The largest absolute Gasteiger partial charge is 0.445 e. The number of aryl methyl sites for hydroxylation is 2. The molecule has 0 atom stereocenters. The second kappa shape index (κ2) is 7.59. The van der Waals surface area contributed by atoms with Gasteiger partial charge in [0.05, 0.1) is 5.69 Å². The van der Waals surface area contributed by atoms with Gasteiger partial charge in [0.2, 0.25) is 5.91 Å². The van der Waals surface area contributed by atoms with Gasteiger partial charge in [-0.3, -0.25) is 4.79 Å². The van der Waals surface area contributed by atoms with Crippen LogP contribution in [0.15, 0.2) is 4.42 Å². The minimum Gasteiger partial charge on any atom is -0.445 e. The predicted octanol–water partition coefficient (Wildman–Crippen LogP) is 2.28. The lowest BCUT2D eigenvalue weighted by Gasteiger charge is -2.12. The fourth-order valence-corrected chi connectivity index (χ4v) is 1.87. The van der Waals surface area contributed by atoms with Crippen molar-refractivity contribution in [3.05, 3.63) is 17.3 Å². The van der Waals surface area contributed by atoms with E-state index in [4.69, 9.17) is 4.42 Å². The monoisotopic (exact) mass is 295 g/mol. The van der Waals surface area contributed by atoms with Gasteiger partial charge >= 0.3 is 0 Å². The number of rotatable bonds is 7. The Morgan fingerprint density at radius 3 is 2.52 bits per heavy atom. The summed E-state index contributed by atoms with van der Waals surface area (Å²) in [5.41, 5.74) is 0.891. The molecule has 0 aliphatic carbocycles. The Morgan fingerprint density at radius 2 is 2.00 bits per heavy atom. The quantitative estimate of drug-likeness (QED) is 0.784. The third-order valence-electron chi connectivity index (χ3n) is 3.22. The van der Waals surface area contributed by atoms with Crippen molar-refractivity contribution >= 4 is 5.91 Å². The molecule has 5 heteroatoms. The zero-order valence-corrected chi connectivity index (χ0v) is 14.2. The summed E-state index contributed by atoms with van der Waals surface area (Å²) in [6.45, 7) is 9.70. The normalized spacial score (nSPS) is 12.0. The number of hydrogen-bond donors (Lipinski definition) is 1. The molecule has 21 heavy (non-hydrogen) atoms. The fraction of sp³-hybridized carbons (Fsp3) is 0.750. The van der Waals surface area contributed by atoms with Crippen LogP contribution >= 0.6 is 0 Å². The van der Waals surface area contributed by atoms with Crippen molar-refractivity contribution in [1.82, 2.24) is 15.2 Å². The molecule has 5 nitrogen and oxygen atoms in total. The fourth-order valence-electron chi connectivity index (χ4n) is 1.87. The van der Waals surface area contributed by atoms with Crippen LogP contribution in [0.25, 0.3) is 0 Å². The highest BCUT2D eigenvalue weighted by Crippen LogP contribution is 2.24. The average Bonchev–Trinajstić information content (AvgIpc) is 2.73. The third kappa shape index (κ3) is 6.29. The predicted molar refractivity (Wildman–Crippen MR) is 84.4 cm³/mol. The van der Waals surface area contributed by atoms with Crippen LogP contribution in [0.2, 0.25) is 0 Å². The molecule has 0 aliphatic rings. The SMILES string of the molecule is Cc1nc(C(C)(C)C)oc1CCCNC(=O)CCN(C)C. The van der Waals surface area contributed by atoms with Gasteiger partial charge in [0.1, 0.15) is 5.76 Å². The van der Waals surface area contributed by atoms with E-state index in [1.165, 1.54) is 0 Å². The van der Waals surface area contributed by atoms with Gasteiger partial charge in [0, 0.05) is 31.3 Å². The second-order valence-electron chi connectivity index (χ2n) is 6.78. The van der Waals surface area contributed by atoms with Crippen molar-refractivity contribution in [1.29, 1.82) is 0 Å². The lowest BCUT2D eigenvalue weighted by Crippen LogP contribution is -2.28. The number of hydrogen-bond acceptors (Lipinski definition) is 4. The van der Waals surface area contributed by atoms with Crippen LogP contribution in [-0.2, 0) is 16.6 Å². The molecule has 0 aliphatic heterocycles. The summed E-state index contributed by atoms with van der Waals surface area (Å²) in [6, 6.07) is 0. The van der Waals surface area contributed by atoms with E-state index in [2.05, 4.69) is 31.1 Å². The van der Waals surface area contributed by atoms with E-state index in [1.807, 2.05) is 25.9 Å². The lowest BCUT2D eigenvalue weighted by molar-refractivity contribution is -0.121. The summed E-state index contributed by atoms with van der Waals surface area (Å²) in [5.74, 6) is 1.82. The summed E-state index contributed by atoms with van der Waals surface area (Å²) >= 11 is 0. The first-order valence-corrected chi connectivity index (χ1v) is 7.58. The highest BCUT2D eigenvalue weighted by molar-refractivity contribution is 5.75. The average molecular weight is 295 g/mol. The van der Waals surface area contributed by atoms with Gasteiger partial charge in [-0.25, -0.2) is 4.98 Å². The van der Waals surface area contributed by atoms with E-state index in [1.54, 1.807) is 0 Å². The van der Waals surface area contributed by atoms with E-state index in [0.717, 1.165) is 36.7 Å². The second-order valence-corrected chi connectivity index (χ2v) is 6.78. The molecule has 0 fully saturated rings. The number of oxazole rings is 1. The van der Waals surface area contributed by atoms with E-state index >= 15 is 0 Å². The van der Waals surface area contributed by atoms with E-state index in [0.29, 0.717) is 13.0 Å². The summed E-state index contributed by atoms with van der Waals surface area (Å²) < 4.78 is 5.83. The van der Waals surface area contributed by atoms with Gasteiger partial charge in [-0.15, -0.1) is 0 Å². The molecule has 1 aromatic heterocycles. The van der Waals surface area contributed by atoms with Crippen LogP contribution in [0.4, 0.5) is 0 Å². The summed E-state index contributed by atoms with van der Waals surface area (Å²) in [6.07, 6.45) is 2.22. The van der Waals surface area contributed by atoms with Crippen molar-refractivity contribution < 1.29 is 9.21 Å². The van der Waals surface area contributed by atoms with Crippen LogP contribution in [0.5, 0.6) is 0 Å². The van der Waals surface area contributed by atoms with Crippen molar-refractivity contribution in [2.75, 3.05) is 27.2 Å². The first-order chi connectivity index (χ1) is 9.70. The molecule has 0 spiro atoms. The van der Waals surface area contributed by atoms with Gasteiger partial charge in [0.25, 0.3) is 0 Å². The van der Waals surface area contributed by atoms with Crippen LogP contribution in [0, 0.1) is 6.92 Å². The van der Waals surface area contributed by atoms with Gasteiger partial charge < -0.3 is 14.6 Å². The van der Waals surface area contributed by atoms with Crippen LogP contribution in [0.1, 0.15) is 51.0 Å². The minimum atomic E-state index is -0.0661. The molecule has 0 saturated heterocycles.